The van der Waals surface area contributed by atoms with E-state index in [1.165, 1.54) is 28.4 Å². The number of esters is 4. The molecular formula is C32H58ClN5O10. The van der Waals surface area contributed by atoms with E-state index < -0.39 is 0 Å². The summed E-state index contributed by atoms with van der Waals surface area (Å²) in [5.74, 6) is -1.03. The van der Waals surface area contributed by atoms with Crippen molar-refractivity contribution in [1.82, 2.24) is 25.3 Å². The van der Waals surface area contributed by atoms with E-state index >= 15 is 0 Å². The van der Waals surface area contributed by atoms with Crippen LogP contribution in [0.15, 0.2) is 0 Å². The van der Waals surface area contributed by atoms with Gasteiger partial charge in [0.2, 0.25) is 11.8 Å². The predicted molar refractivity (Wildman–Crippen MR) is 180 cm³/mol. The van der Waals surface area contributed by atoms with Crippen LogP contribution in [0.5, 0.6) is 0 Å². The summed E-state index contributed by atoms with van der Waals surface area (Å²) in [6.45, 7) is 5.77. The number of alkyl halides is 1. The Labute approximate surface area is 290 Å². The molecule has 0 radical (unpaired) electrons. The van der Waals surface area contributed by atoms with Crippen molar-refractivity contribution in [3.8, 4) is 0 Å². The second kappa shape index (κ2) is 30.1. The van der Waals surface area contributed by atoms with Gasteiger partial charge in [-0.1, -0.05) is 0 Å². The molecule has 0 rings (SSSR count). The van der Waals surface area contributed by atoms with Gasteiger partial charge in [-0.15, -0.1) is 11.6 Å². The molecule has 278 valence electrons. The Kier molecular flexibility index (Phi) is 28.2. The molecule has 0 fully saturated rings. The van der Waals surface area contributed by atoms with Crippen LogP contribution in [0.4, 0.5) is 0 Å². The van der Waals surface area contributed by atoms with Crippen LogP contribution in [0.1, 0.15) is 64.2 Å². The molecule has 0 spiro atoms. The summed E-state index contributed by atoms with van der Waals surface area (Å²) in [6.07, 6.45) is 4.53. The fourth-order valence-electron chi connectivity index (χ4n) is 4.60. The maximum atomic E-state index is 12.4. The van der Waals surface area contributed by atoms with Gasteiger partial charge in [0.25, 0.3) is 0 Å². The topological polar surface area (TPSA) is 173 Å². The zero-order chi connectivity index (χ0) is 36.0. The Morgan fingerprint density at radius 3 is 1.02 bits per heavy atom. The minimum absolute atomic E-state index is 0.0838. The van der Waals surface area contributed by atoms with Crippen molar-refractivity contribution in [1.29, 1.82) is 0 Å². The van der Waals surface area contributed by atoms with Gasteiger partial charge < -0.3 is 44.3 Å². The number of hydrogen-bond acceptors (Lipinski definition) is 13. The molecule has 0 bridgehead atoms. The van der Waals surface area contributed by atoms with E-state index in [-0.39, 0.29) is 74.2 Å². The number of nitrogens with zero attached hydrogens (tertiary/aromatic N) is 3. The van der Waals surface area contributed by atoms with Crippen molar-refractivity contribution in [2.75, 3.05) is 106 Å². The van der Waals surface area contributed by atoms with Crippen LogP contribution >= 0.6 is 11.6 Å². The average Bonchev–Trinajstić information content (AvgIpc) is 3.09. The summed E-state index contributed by atoms with van der Waals surface area (Å²) in [5, 5.41) is 5.85. The van der Waals surface area contributed by atoms with Crippen molar-refractivity contribution in [3.05, 3.63) is 0 Å². The zero-order valence-electron chi connectivity index (χ0n) is 29.4. The van der Waals surface area contributed by atoms with Crippen molar-refractivity contribution >= 4 is 47.3 Å². The lowest BCUT2D eigenvalue weighted by Crippen LogP contribution is -2.36. The standard InChI is InChI=1S/C32H58ClN5O10/c1-45-29(41)11-22-36(23-12-30(42)46-2)18-7-5-16-34-27(39)9-20-38(26-15-33)21-10-28(40)35-17-6-8-19-37(24-13-31(43)47-3)25-14-32(44)48-4/h5-26H2,1-4H3,(H,34,39)(H,35,40). The summed E-state index contributed by atoms with van der Waals surface area (Å²) in [5.41, 5.74) is 0. The number of methoxy groups -OCH3 is 4. The lowest BCUT2D eigenvalue weighted by molar-refractivity contribution is -0.142. The van der Waals surface area contributed by atoms with Gasteiger partial charge in [0.05, 0.1) is 54.1 Å². The number of ether oxygens (including phenoxy) is 4. The maximum Gasteiger partial charge on any atom is 0.306 e. The number of hydrogen-bond donors (Lipinski definition) is 2. The second-order valence-corrected chi connectivity index (χ2v) is 11.5. The SMILES string of the molecule is COC(=O)CCN(CCCCNC(=O)CCN(CCCl)CCC(=O)NCCCCN(CCC(=O)OC)CCC(=O)OC)CCC(=O)OC. The molecule has 15 nitrogen and oxygen atoms in total. The summed E-state index contributed by atoms with van der Waals surface area (Å²) >= 11 is 5.95. The molecule has 0 aliphatic heterocycles. The largest absolute Gasteiger partial charge is 0.469 e. The first-order valence-corrected chi connectivity index (χ1v) is 17.2. The third-order valence-corrected chi connectivity index (χ3v) is 7.77. The van der Waals surface area contributed by atoms with E-state index in [0.29, 0.717) is 77.9 Å². The minimum atomic E-state index is -0.312. The van der Waals surface area contributed by atoms with Gasteiger partial charge in [0.15, 0.2) is 0 Å². The van der Waals surface area contributed by atoms with E-state index in [2.05, 4.69) is 10.6 Å². The lowest BCUT2D eigenvalue weighted by Gasteiger charge is -2.22. The molecule has 0 aliphatic rings. The maximum absolute atomic E-state index is 12.4. The van der Waals surface area contributed by atoms with E-state index in [1.54, 1.807) is 0 Å². The molecule has 0 aromatic carbocycles. The van der Waals surface area contributed by atoms with Crippen LogP contribution in [-0.4, -0.2) is 157 Å². The molecule has 0 saturated heterocycles. The van der Waals surface area contributed by atoms with Gasteiger partial charge in [0, 0.05) is 77.6 Å². The van der Waals surface area contributed by atoms with Gasteiger partial charge in [-0.05, 0) is 38.8 Å². The third kappa shape index (κ3) is 26.0. The molecular weight excluding hydrogens is 650 g/mol. The van der Waals surface area contributed by atoms with E-state index in [4.69, 9.17) is 30.5 Å². The molecule has 0 aliphatic carbocycles. The molecule has 2 amide bonds. The molecule has 0 atom stereocenters. The van der Waals surface area contributed by atoms with Gasteiger partial charge in [0.1, 0.15) is 0 Å². The van der Waals surface area contributed by atoms with Crippen molar-refractivity contribution in [3.63, 3.8) is 0 Å². The number of unbranched alkanes of at least 4 members (excludes halogenated alkanes) is 2. The van der Waals surface area contributed by atoms with Crippen LogP contribution in [0.3, 0.4) is 0 Å². The monoisotopic (exact) mass is 707 g/mol. The molecule has 0 aromatic heterocycles. The molecule has 16 heteroatoms. The third-order valence-electron chi connectivity index (χ3n) is 7.60. The van der Waals surface area contributed by atoms with Gasteiger partial charge in [-0.2, -0.15) is 0 Å². The highest BCUT2D eigenvalue weighted by Crippen LogP contribution is 2.03. The minimum Gasteiger partial charge on any atom is -0.469 e. The van der Waals surface area contributed by atoms with Crippen LogP contribution in [0, 0.1) is 0 Å². The molecule has 0 aromatic rings. The number of halogens is 1. The van der Waals surface area contributed by atoms with Crippen LogP contribution < -0.4 is 10.6 Å². The van der Waals surface area contributed by atoms with Crippen molar-refractivity contribution in [2.24, 2.45) is 0 Å². The molecule has 0 heterocycles. The Bertz CT molecular complexity index is 833. The Morgan fingerprint density at radius 1 is 0.438 bits per heavy atom. The van der Waals surface area contributed by atoms with Gasteiger partial charge in [-0.3, -0.25) is 28.8 Å². The van der Waals surface area contributed by atoms with Crippen LogP contribution in [-0.2, 0) is 47.7 Å². The number of carbonyl (C=O) groups is 6. The molecule has 0 unspecified atom stereocenters. The van der Waals surface area contributed by atoms with E-state index in [9.17, 15) is 28.8 Å². The predicted octanol–water partition coefficient (Wildman–Crippen LogP) is 0.957. The van der Waals surface area contributed by atoms with Gasteiger partial charge in [-0.25, -0.2) is 0 Å². The quantitative estimate of drug-likeness (QED) is 0.0468. The van der Waals surface area contributed by atoms with Crippen molar-refractivity contribution in [2.45, 2.75) is 64.2 Å². The number of nitrogens with one attached hydrogen (secondary N) is 2. The first-order chi connectivity index (χ1) is 23.1. The fourth-order valence-corrected chi connectivity index (χ4v) is 4.84. The Balaban J connectivity index is 4.33. The normalized spacial score (nSPS) is 11.0. The molecule has 2 N–H and O–H groups in total. The van der Waals surface area contributed by atoms with Crippen LogP contribution in [0.2, 0.25) is 0 Å². The Morgan fingerprint density at radius 2 is 0.729 bits per heavy atom. The second-order valence-electron chi connectivity index (χ2n) is 11.1. The highest BCUT2D eigenvalue weighted by Gasteiger charge is 2.14. The molecule has 48 heavy (non-hydrogen) atoms. The van der Waals surface area contributed by atoms with E-state index in [1.807, 2.05) is 14.7 Å². The summed E-state index contributed by atoms with van der Waals surface area (Å²) in [6, 6.07) is 0. The molecule has 0 saturated carbocycles. The lowest BCUT2D eigenvalue weighted by atomic mass is 10.2. The smallest absolute Gasteiger partial charge is 0.306 e. The number of rotatable bonds is 30. The number of carbonyl (C=O) groups excluding carboxylic acids is 6. The highest BCUT2D eigenvalue weighted by molar-refractivity contribution is 6.18. The average molecular weight is 708 g/mol. The van der Waals surface area contributed by atoms with Gasteiger partial charge >= 0.3 is 23.9 Å². The summed E-state index contributed by atoms with van der Waals surface area (Å²) in [4.78, 5) is 76.9. The van der Waals surface area contributed by atoms with Crippen LogP contribution in [0.25, 0.3) is 0 Å². The first-order valence-electron chi connectivity index (χ1n) is 16.6. The first kappa shape index (κ1) is 45.0. The van der Waals surface area contributed by atoms with E-state index in [0.717, 1.165) is 25.7 Å². The summed E-state index contributed by atoms with van der Waals surface area (Å²) < 4.78 is 18.8. The fraction of sp³-hybridized carbons (Fsp3) is 0.812. The highest BCUT2D eigenvalue weighted by atomic mass is 35.5. The summed E-state index contributed by atoms with van der Waals surface area (Å²) in [7, 11) is 5.36. The zero-order valence-corrected chi connectivity index (χ0v) is 30.1. The Hall–Kier alpha value is -3.01. The van der Waals surface area contributed by atoms with Crippen molar-refractivity contribution < 1.29 is 47.7 Å². The number of amides is 2.